The molecule has 0 spiro atoms. The minimum atomic E-state index is -4.16. The summed E-state index contributed by atoms with van der Waals surface area (Å²) in [5.74, 6) is 0.237. The molecule has 2 aliphatic rings. The van der Waals surface area contributed by atoms with Gasteiger partial charge < -0.3 is 14.8 Å². The predicted molar refractivity (Wildman–Crippen MR) is 105 cm³/mol. The first-order valence-electron chi connectivity index (χ1n) is 9.96. The van der Waals surface area contributed by atoms with Crippen molar-refractivity contribution in [2.75, 3.05) is 38.8 Å². The average Bonchev–Trinajstić information content (AvgIpc) is 3.12. The van der Waals surface area contributed by atoms with Crippen molar-refractivity contribution < 1.29 is 18.0 Å². The minimum absolute atomic E-state index is 0.0330. The number of carbonyl (C=O) groups excluding carboxylic acids is 1. The number of alkyl halides is 3. The van der Waals surface area contributed by atoms with Crippen LogP contribution in [0.5, 0.6) is 0 Å². The smallest absolute Gasteiger partial charge is 0.349 e. The predicted octanol–water partition coefficient (Wildman–Crippen LogP) is 3.47. The second kappa shape index (κ2) is 7.51. The first-order chi connectivity index (χ1) is 13.7. The number of hydrogen-bond donors (Lipinski definition) is 1. The molecule has 4 rings (SSSR count). The summed E-state index contributed by atoms with van der Waals surface area (Å²) in [5, 5.41) is 0.941. The van der Waals surface area contributed by atoms with E-state index in [2.05, 4.69) is 14.9 Å². The number of aromatic amines is 1. The molecule has 1 N–H and O–H groups in total. The molecule has 9 heteroatoms. The highest BCUT2D eigenvalue weighted by molar-refractivity contribution is 6.08. The number of pyridine rings is 1. The van der Waals surface area contributed by atoms with Crippen molar-refractivity contribution in [3.63, 3.8) is 0 Å². The highest BCUT2D eigenvalue weighted by atomic mass is 19.4. The van der Waals surface area contributed by atoms with Gasteiger partial charge in [0.15, 0.2) is 0 Å². The fraction of sp³-hybridized carbons (Fsp3) is 0.600. The zero-order chi connectivity index (χ0) is 20.8. The lowest BCUT2D eigenvalue weighted by Gasteiger charge is -2.44. The molecule has 0 saturated heterocycles. The number of halogens is 3. The Morgan fingerprint density at radius 2 is 2.00 bits per heavy atom. The summed E-state index contributed by atoms with van der Waals surface area (Å²) < 4.78 is 37.8. The van der Waals surface area contributed by atoms with E-state index in [1.165, 1.54) is 11.9 Å². The Morgan fingerprint density at radius 3 is 2.69 bits per heavy atom. The topological polar surface area (TPSA) is 55.5 Å². The average molecular weight is 409 g/mol. The zero-order valence-electron chi connectivity index (χ0n) is 16.7. The lowest BCUT2D eigenvalue weighted by atomic mass is 9.84. The van der Waals surface area contributed by atoms with E-state index in [9.17, 15) is 18.0 Å². The Morgan fingerprint density at radius 1 is 1.28 bits per heavy atom. The third-order valence-electron chi connectivity index (χ3n) is 6.06. The van der Waals surface area contributed by atoms with Crippen molar-refractivity contribution in [2.45, 2.75) is 37.9 Å². The van der Waals surface area contributed by atoms with E-state index in [0.717, 1.165) is 42.4 Å². The lowest BCUT2D eigenvalue weighted by molar-refractivity contribution is -0.144. The number of rotatable bonds is 4. The number of carbonyl (C=O) groups is 1. The monoisotopic (exact) mass is 409 g/mol. The molecule has 2 aromatic rings. The largest absolute Gasteiger partial charge is 0.401 e. The summed E-state index contributed by atoms with van der Waals surface area (Å²) in [5.41, 5.74) is 2.29. The molecule has 0 radical (unpaired) electrons. The van der Waals surface area contributed by atoms with Crippen LogP contribution in [0.25, 0.3) is 11.0 Å². The van der Waals surface area contributed by atoms with Gasteiger partial charge in [-0.25, -0.2) is 4.98 Å². The molecule has 6 nitrogen and oxygen atoms in total. The van der Waals surface area contributed by atoms with Gasteiger partial charge in [-0.05, 0) is 44.7 Å². The van der Waals surface area contributed by atoms with Gasteiger partial charge >= 0.3 is 6.18 Å². The first kappa shape index (κ1) is 20.0. The van der Waals surface area contributed by atoms with E-state index < -0.39 is 12.7 Å². The number of H-pyrrole nitrogens is 1. The maximum atomic E-state index is 12.6. The van der Waals surface area contributed by atoms with Gasteiger partial charge in [0.2, 0.25) is 0 Å². The Labute approximate surface area is 167 Å². The van der Waals surface area contributed by atoms with Crippen LogP contribution in [0.4, 0.5) is 18.9 Å². The van der Waals surface area contributed by atoms with Crippen LogP contribution >= 0.6 is 0 Å². The van der Waals surface area contributed by atoms with Crippen molar-refractivity contribution in [1.82, 2.24) is 19.8 Å². The fourth-order valence-electron chi connectivity index (χ4n) is 4.78. The molecule has 2 aromatic heterocycles. The van der Waals surface area contributed by atoms with E-state index >= 15 is 0 Å². The lowest BCUT2D eigenvalue weighted by Crippen LogP contribution is -2.50. The molecular weight excluding hydrogens is 383 g/mol. The van der Waals surface area contributed by atoms with Gasteiger partial charge in [-0.3, -0.25) is 9.69 Å². The Balaban J connectivity index is 1.49. The van der Waals surface area contributed by atoms with Crippen molar-refractivity contribution in [1.29, 1.82) is 0 Å². The van der Waals surface area contributed by atoms with Gasteiger partial charge in [0.25, 0.3) is 5.91 Å². The number of amides is 1. The minimum Gasteiger partial charge on any atom is -0.349 e. The first-order valence-corrected chi connectivity index (χ1v) is 9.96. The number of fused-ring (bicyclic) bond motifs is 3. The molecule has 1 saturated carbocycles. The van der Waals surface area contributed by atoms with Crippen LogP contribution in [0.15, 0.2) is 18.5 Å². The quantitative estimate of drug-likeness (QED) is 0.840. The van der Waals surface area contributed by atoms with Gasteiger partial charge in [-0.15, -0.1) is 0 Å². The van der Waals surface area contributed by atoms with Crippen molar-refractivity contribution in [3.8, 4) is 0 Å². The maximum absolute atomic E-state index is 12.6. The Bertz CT molecular complexity index is 888. The highest BCUT2D eigenvalue weighted by Gasteiger charge is 2.36. The maximum Gasteiger partial charge on any atom is 0.401 e. The van der Waals surface area contributed by atoms with Crippen LogP contribution in [0.1, 0.15) is 36.0 Å². The molecular formula is C20H26F3N5O. The molecule has 29 heavy (non-hydrogen) atoms. The third-order valence-corrected chi connectivity index (χ3v) is 6.06. The summed E-state index contributed by atoms with van der Waals surface area (Å²) in [7, 11) is 3.33. The second-order valence-corrected chi connectivity index (χ2v) is 8.36. The Hall–Kier alpha value is -2.29. The zero-order valence-corrected chi connectivity index (χ0v) is 16.7. The van der Waals surface area contributed by atoms with Crippen LogP contribution in [-0.4, -0.2) is 71.7 Å². The Kier molecular flexibility index (Phi) is 5.18. The SMILES string of the molecule is CN(CC(F)(F)F)C[C@H]1CC[C@H](N2CN(C)C(=O)c3cnc4[nH]ccc4c32)CC1. The number of nitrogens with zero attached hydrogens (tertiary/aromatic N) is 4. The molecule has 0 bridgehead atoms. The van der Waals surface area contributed by atoms with Crippen molar-refractivity contribution in [2.24, 2.45) is 5.92 Å². The molecule has 1 aliphatic heterocycles. The van der Waals surface area contributed by atoms with Crippen LogP contribution < -0.4 is 4.90 Å². The molecule has 158 valence electrons. The molecule has 0 aromatic carbocycles. The number of hydrogen-bond acceptors (Lipinski definition) is 4. The number of aromatic nitrogens is 2. The van der Waals surface area contributed by atoms with Gasteiger partial charge in [0.05, 0.1) is 24.5 Å². The van der Waals surface area contributed by atoms with E-state index in [-0.39, 0.29) is 17.9 Å². The summed E-state index contributed by atoms with van der Waals surface area (Å²) in [4.78, 5) is 25.5. The van der Waals surface area contributed by atoms with E-state index in [4.69, 9.17) is 0 Å². The standard InChI is InChI=1S/C20H26F3N5O/c1-26(11-20(21,22)23)10-13-3-5-14(6-4-13)28-12-27(2)19(29)16-9-25-18-15(17(16)28)7-8-24-18/h7-9,13-14H,3-6,10-12H2,1-2H3,(H,24,25)/t13-,14-. The summed E-state index contributed by atoms with van der Waals surface area (Å²) in [6.45, 7) is 0.116. The van der Waals surface area contributed by atoms with Crippen molar-refractivity contribution >= 4 is 22.6 Å². The number of nitrogens with one attached hydrogen (secondary N) is 1. The third kappa shape index (κ3) is 4.05. The molecule has 1 aliphatic carbocycles. The van der Waals surface area contributed by atoms with Crippen molar-refractivity contribution in [3.05, 3.63) is 24.0 Å². The number of anilines is 1. The fourth-order valence-corrected chi connectivity index (χ4v) is 4.78. The molecule has 0 atom stereocenters. The van der Waals surface area contributed by atoms with Gasteiger partial charge in [-0.1, -0.05) is 0 Å². The van der Waals surface area contributed by atoms with Crippen LogP contribution in [0.3, 0.4) is 0 Å². The summed E-state index contributed by atoms with van der Waals surface area (Å²) in [6, 6.07) is 2.21. The second-order valence-electron chi connectivity index (χ2n) is 8.36. The van der Waals surface area contributed by atoms with Gasteiger partial charge in [0.1, 0.15) is 5.65 Å². The van der Waals surface area contributed by atoms with Gasteiger partial charge in [-0.2, -0.15) is 13.2 Å². The van der Waals surface area contributed by atoms with Crippen LogP contribution in [0, 0.1) is 5.92 Å². The molecule has 1 fully saturated rings. The van der Waals surface area contributed by atoms with Crippen LogP contribution in [-0.2, 0) is 0 Å². The van der Waals surface area contributed by atoms with Gasteiger partial charge in [0, 0.05) is 37.4 Å². The highest BCUT2D eigenvalue weighted by Crippen LogP contribution is 2.38. The van der Waals surface area contributed by atoms with E-state index in [1.54, 1.807) is 18.1 Å². The van der Waals surface area contributed by atoms with E-state index in [0.29, 0.717) is 18.8 Å². The molecule has 0 unspecified atom stereocenters. The summed E-state index contributed by atoms with van der Waals surface area (Å²) >= 11 is 0. The molecule has 3 heterocycles. The van der Waals surface area contributed by atoms with Crippen LogP contribution in [0.2, 0.25) is 0 Å². The van der Waals surface area contributed by atoms with E-state index in [1.807, 2.05) is 12.3 Å². The normalized spacial score (nSPS) is 23.2. The molecule has 1 amide bonds. The summed E-state index contributed by atoms with van der Waals surface area (Å²) in [6.07, 6.45) is 2.88.